The molecule has 0 radical (unpaired) electrons. The van der Waals surface area contributed by atoms with Gasteiger partial charge in [-0.1, -0.05) is 25.7 Å². The van der Waals surface area contributed by atoms with Gasteiger partial charge in [-0.15, -0.1) is 0 Å². The van der Waals surface area contributed by atoms with Crippen molar-refractivity contribution in [1.82, 2.24) is 10.6 Å². The number of carboxylic acids is 1. The summed E-state index contributed by atoms with van der Waals surface area (Å²) in [5.41, 5.74) is -0.771. The summed E-state index contributed by atoms with van der Waals surface area (Å²) in [6.45, 7) is 0.865. The number of thioether (sulfide) groups is 1. The monoisotopic (exact) mass is 302 g/mol. The highest BCUT2D eigenvalue weighted by Gasteiger charge is 2.38. The molecule has 0 aromatic heterocycles. The predicted octanol–water partition coefficient (Wildman–Crippen LogP) is 2.46. The van der Waals surface area contributed by atoms with Gasteiger partial charge in [0, 0.05) is 13.1 Å². The van der Waals surface area contributed by atoms with Gasteiger partial charge in [-0.3, -0.25) is 4.79 Å². The molecule has 6 heteroatoms. The first-order valence-electron chi connectivity index (χ1n) is 7.35. The van der Waals surface area contributed by atoms with E-state index in [0.717, 1.165) is 37.9 Å². The van der Waals surface area contributed by atoms with Crippen LogP contribution in [0.1, 0.15) is 44.9 Å². The third-order valence-corrected chi connectivity index (χ3v) is 4.61. The van der Waals surface area contributed by atoms with Gasteiger partial charge in [-0.05, 0) is 31.3 Å². The first-order chi connectivity index (χ1) is 9.60. The minimum absolute atomic E-state index is 0.233. The number of carbonyl (C=O) groups excluding carboxylic acids is 1. The summed E-state index contributed by atoms with van der Waals surface area (Å²) in [5.74, 6) is 0.237. The van der Waals surface area contributed by atoms with Crippen molar-refractivity contribution in [2.75, 3.05) is 25.1 Å². The smallest absolute Gasteiger partial charge is 0.314 e. The van der Waals surface area contributed by atoms with Gasteiger partial charge >= 0.3 is 12.0 Å². The molecule has 0 aromatic carbocycles. The average Bonchev–Trinajstić information content (AvgIpc) is 2.68. The second kappa shape index (κ2) is 9.10. The molecule has 20 heavy (non-hydrogen) atoms. The van der Waals surface area contributed by atoms with Crippen LogP contribution >= 0.6 is 11.8 Å². The van der Waals surface area contributed by atoms with Gasteiger partial charge in [0.25, 0.3) is 0 Å². The Hall–Kier alpha value is -0.910. The Kier molecular flexibility index (Phi) is 7.80. The predicted molar refractivity (Wildman–Crippen MR) is 82.2 cm³/mol. The van der Waals surface area contributed by atoms with Crippen LogP contribution in [0, 0.1) is 5.41 Å². The van der Waals surface area contributed by atoms with Crippen LogP contribution < -0.4 is 10.6 Å². The summed E-state index contributed by atoms with van der Waals surface area (Å²) in [7, 11) is 0. The number of rotatable bonds is 7. The van der Waals surface area contributed by atoms with E-state index in [-0.39, 0.29) is 12.6 Å². The Bertz CT molecular complexity index is 316. The largest absolute Gasteiger partial charge is 0.481 e. The van der Waals surface area contributed by atoms with Crippen LogP contribution in [-0.4, -0.2) is 42.2 Å². The number of carboxylic acid groups (broad SMARTS) is 1. The highest BCUT2D eigenvalue weighted by atomic mass is 32.2. The van der Waals surface area contributed by atoms with E-state index in [2.05, 4.69) is 10.6 Å². The van der Waals surface area contributed by atoms with Crippen molar-refractivity contribution in [2.45, 2.75) is 44.9 Å². The zero-order chi connectivity index (χ0) is 14.8. The Morgan fingerprint density at radius 1 is 1.15 bits per heavy atom. The highest BCUT2D eigenvalue weighted by Crippen LogP contribution is 2.34. The fourth-order valence-electron chi connectivity index (χ4n) is 2.60. The Labute approximate surface area is 125 Å². The minimum atomic E-state index is -0.776. The maximum absolute atomic E-state index is 11.7. The van der Waals surface area contributed by atoms with Crippen molar-refractivity contribution in [3.63, 3.8) is 0 Å². The maximum Gasteiger partial charge on any atom is 0.314 e. The van der Waals surface area contributed by atoms with Crippen LogP contribution in [-0.2, 0) is 4.79 Å². The molecule has 0 bridgehead atoms. The van der Waals surface area contributed by atoms with Crippen molar-refractivity contribution in [2.24, 2.45) is 5.41 Å². The lowest BCUT2D eigenvalue weighted by Crippen LogP contribution is -2.46. The molecule has 1 fully saturated rings. The lowest BCUT2D eigenvalue weighted by molar-refractivity contribution is -0.149. The van der Waals surface area contributed by atoms with E-state index >= 15 is 0 Å². The average molecular weight is 302 g/mol. The molecule has 0 aromatic rings. The molecule has 1 saturated carbocycles. The third-order valence-electron chi connectivity index (χ3n) is 3.91. The van der Waals surface area contributed by atoms with Gasteiger partial charge in [0.15, 0.2) is 0 Å². The zero-order valence-electron chi connectivity index (χ0n) is 12.2. The third kappa shape index (κ3) is 5.61. The topological polar surface area (TPSA) is 78.4 Å². The highest BCUT2D eigenvalue weighted by molar-refractivity contribution is 7.98. The second-order valence-corrected chi connectivity index (χ2v) is 6.44. The van der Waals surface area contributed by atoms with Crippen molar-refractivity contribution >= 4 is 23.8 Å². The van der Waals surface area contributed by atoms with Gasteiger partial charge in [-0.2, -0.15) is 11.8 Å². The Morgan fingerprint density at radius 2 is 1.80 bits per heavy atom. The van der Waals surface area contributed by atoms with Gasteiger partial charge in [0.05, 0.1) is 5.41 Å². The normalized spacial score (nSPS) is 18.1. The molecule has 1 aliphatic carbocycles. The van der Waals surface area contributed by atoms with Gasteiger partial charge in [-0.25, -0.2) is 4.79 Å². The van der Waals surface area contributed by atoms with E-state index in [9.17, 15) is 14.7 Å². The first kappa shape index (κ1) is 17.1. The van der Waals surface area contributed by atoms with Crippen LogP contribution in [0.25, 0.3) is 0 Å². The number of hydrogen-bond donors (Lipinski definition) is 3. The lowest BCUT2D eigenvalue weighted by Gasteiger charge is -2.28. The van der Waals surface area contributed by atoms with E-state index in [0.29, 0.717) is 19.4 Å². The summed E-state index contributed by atoms with van der Waals surface area (Å²) < 4.78 is 0. The molecule has 116 valence electrons. The van der Waals surface area contributed by atoms with Crippen molar-refractivity contribution in [3.8, 4) is 0 Å². The fourth-order valence-corrected chi connectivity index (χ4v) is 3.03. The van der Waals surface area contributed by atoms with E-state index in [1.165, 1.54) is 0 Å². The molecule has 1 rings (SSSR count). The number of hydrogen-bond acceptors (Lipinski definition) is 3. The molecule has 1 aliphatic rings. The van der Waals surface area contributed by atoms with E-state index in [4.69, 9.17) is 0 Å². The number of amides is 2. The Balaban J connectivity index is 2.38. The zero-order valence-corrected chi connectivity index (χ0v) is 13.1. The van der Waals surface area contributed by atoms with Crippen molar-refractivity contribution in [1.29, 1.82) is 0 Å². The van der Waals surface area contributed by atoms with Gasteiger partial charge in [0.1, 0.15) is 0 Å². The lowest BCUT2D eigenvalue weighted by atomic mass is 9.80. The summed E-state index contributed by atoms with van der Waals surface area (Å²) in [5, 5.41) is 15.0. The molecule has 0 spiro atoms. The van der Waals surface area contributed by atoms with Crippen molar-refractivity contribution < 1.29 is 14.7 Å². The number of aliphatic carboxylic acids is 1. The molecule has 2 amide bonds. The molecule has 5 nitrogen and oxygen atoms in total. The molecular formula is C14H26N2O3S. The van der Waals surface area contributed by atoms with Crippen LogP contribution in [0.15, 0.2) is 0 Å². The summed E-state index contributed by atoms with van der Waals surface area (Å²) in [6.07, 6.45) is 8.34. The Morgan fingerprint density at radius 3 is 2.35 bits per heavy atom. The standard InChI is InChI=1S/C14H26N2O3S/c1-20-10-6-9-15-13(19)16-11-14(12(17)18)7-4-2-3-5-8-14/h2-11H2,1H3,(H,17,18)(H2,15,16,19). The number of nitrogens with one attached hydrogen (secondary N) is 2. The van der Waals surface area contributed by atoms with Gasteiger partial charge in [0.2, 0.25) is 0 Å². The van der Waals surface area contributed by atoms with E-state index in [1.807, 2.05) is 6.26 Å². The molecule has 3 N–H and O–H groups in total. The van der Waals surface area contributed by atoms with E-state index in [1.54, 1.807) is 11.8 Å². The van der Waals surface area contributed by atoms with Crippen molar-refractivity contribution in [3.05, 3.63) is 0 Å². The molecular weight excluding hydrogens is 276 g/mol. The summed E-state index contributed by atoms with van der Waals surface area (Å²) in [4.78, 5) is 23.2. The van der Waals surface area contributed by atoms with Crippen LogP contribution in [0.2, 0.25) is 0 Å². The number of carbonyl (C=O) groups is 2. The second-order valence-electron chi connectivity index (χ2n) is 5.46. The summed E-state index contributed by atoms with van der Waals surface area (Å²) in [6, 6.07) is -0.254. The van der Waals surface area contributed by atoms with Gasteiger partial charge < -0.3 is 15.7 Å². The van der Waals surface area contributed by atoms with E-state index < -0.39 is 11.4 Å². The molecule has 0 atom stereocenters. The molecule has 0 aliphatic heterocycles. The first-order valence-corrected chi connectivity index (χ1v) is 8.74. The minimum Gasteiger partial charge on any atom is -0.481 e. The van der Waals surface area contributed by atoms with Crippen LogP contribution in [0.5, 0.6) is 0 Å². The maximum atomic E-state index is 11.7. The summed E-state index contributed by atoms with van der Waals surface area (Å²) >= 11 is 1.75. The quantitative estimate of drug-likeness (QED) is 0.498. The molecule has 0 unspecified atom stereocenters. The number of urea groups is 1. The van der Waals surface area contributed by atoms with Crippen LogP contribution in [0.3, 0.4) is 0 Å². The van der Waals surface area contributed by atoms with Crippen LogP contribution in [0.4, 0.5) is 4.79 Å². The molecule has 0 saturated heterocycles. The molecule has 0 heterocycles. The SMILES string of the molecule is CSCCCNC(=O)NCC1(C(=O)O)CCCCCC1. The fraction of sp³-hybridized carbons (Fsp3) is 0.857.